The molecule has 4 rings (SSSR count). The van der Waals surface area contributed by atoms with E-state index in [4.69, 9.17) is 11.6 Å². The first-order valence-corrected chi connectivity index (χ1v) is 7.78. The molecular formula is C18H12ClN5. The van der Waals surface area contributed by atoms with Gasteiger partial charge >= 0.3 is 0 Å². The van der Waals surface area contributed by atoms with Crippen LogP contribution in [0, 0.1) is 11.3 Å². The van der Waals surface area contributed by atoms with Gasteiger partial charge in [-0.2, -0.15) is 15.6 Å². The molecule has 0 saturated heterocycles. The largest absolute Gasteiger partial charge is 0.335 e. The van der Waals surface area contributed by atoms with Crippen LogP contribution in [-0.4, -0.2) is 20.0 Å². The molecule has 116 valence electrons. The summed E-state index contributed by atoms with van der Waals surface area (Å²) in [6.07, 6.45) is 0. The Kier molecular flexibility index (Phi) is 3.52. The van der Waals surface area contributed by atoms with Crippen LogP contribution in [-0.2, 0) is 6.54 Å². The number of aromatic nitrogens is 4. The molecule has 24 heavy (non-hydrogen) atoms. The molecule has 0 fully saturated rings. The molecule has 0 aliphatic heterocycles. The number of para-hydroxylation sites is 1. The van der Waals surface area contributed by atoms with Crippen molar-refractivity contribution in [3.05, 3.63) is 70.9 Å². The molecule has 2 aromatic heterocycles. The van der Waals surface area contributed by atoms with Crippen LogP contribution in [0.15, 0.2) is 54.6 Å². The highest BCUT2D eigenvalue weighted by Crippen LogP contribution is 2.29. The van der Waals surface area contributed by atoms with E-state index in [0.29, 0.717) is 17.3 Å². The molecule has 0 atom stereocenters. The minimum Gasteiger partial charge on any atom is -0.335 e. The number of H-pyrrole nitrogens is 1. The molecule has 0 radical (unpaired) electrons. The van der Waals surface area contributed by atoms with Crippen molar-refractivity contribution in [2.24, 2.45) is 0 Å². The third-order valence-corrected chi connectivity index (χ3v) is 4.21. The normalized spacial score (nSPS) is 10.8. The number of benzene rings is 2. The fourth-order valence-electron chi connectivity index (χ4n) is 2.84. The highest BCUT2D eigenvalue weighted by molar-refractivity contribution is 6.30. The Morgan fingerprint density at radius 3 is 2.67 bits per heavy atom. The zero-order chi connectivity index (χ0) is 16.5. The van der Waals surface area contributed by atoms with Gasteiger partial charge in [0.2, 0.25) is 0 Å². The number of halogens is 1. The number of aromatic amines is 1. The molecule has 4 aromatic rings. The van der Waals surface area contributed by atoms with E-state index >= 15 is 0 Å². The number of hydrogen-bond donors (Lipinski definition) is 1. The van der Waals surface area contributed by atoms with E-state index in [1.807, 2.05) is 48.5 Å². The van der Waals surface area contributed by atoms with Gasteiger partial charge < -0.3 is 4.57 Å². The molecule has 0 spiro atoms. The number of nitrogens with zero attached hydrogens (tertiary/aromatic N) is 4. The van der Waals surface area contributed by atoms with Crippen LogP contribution in [0.1, 0.15) is 11.3 Å². The van der Waals surface area contributed by atoms with E-state index in [1.54, 1.807) is 0 Å². The minimum absolute atomic E-state index is 0.287. The van der Waals surface area contributed by atoms with Crippen molar-refractivity contribution in [2.75, 3.05) is 0 Å². The van der Waals surface area contributed by atoms with Crippen molar-refractivity contribution < 1.29 is 0 Å². The first-order valence-electron chi connectivity index (χ1n) is 7.40. The first-order chi connectivity index (χ1) is 11.8. The van der Waals surface area contributed by atoms with Crippen LogP contribution >= 0.6 is 11.6 Å². The Balaban J connectivity index is 1.90. The lowest BCUT2D eigenvalue weighted by Crippen LogP contribution is -2.02. The zero-order valence-electron chi connectivity index (χ0n) is 12.6. The minimum atomic E-state index is 0.287. The van der Waals surface area contributed by atoms with Crippen LogP contribution in [0.4, 0.5) is 0 Å². The van der Waals surface area contributed by atoms with Crippen LogP contribution in [0.2, 0.25) is 5.02 Å². The van der Waals surface area contributed by atoms with Crippen molar-refractivity contribution in [2.45, 2.75) is 6.54 Å². The van der Waals surface area contributed by atoms with Crippen LogP contribution in [0.3, 0.4) is 0 Å². The van der Waals surface area contributed by atoms with Crippen LogP contribution < -0.4 is 0 Å². The van der Waals surface area contributed by atoms with Gasteiger partial charge in [-0.25, -0.2) is 0 Å². The molecule has 0 aliphatic rings. The van der Waals surface area contributed by atoms with Gasteiger partial charge in [-0.05, 0) is 29.8 Å². The number of nitrogens with one attached hydrogen (secondary N) is 1. The second-order valence-electron chi connectivity index (χ2n) is 5.43. The van der Waals surface area contributed by atoms with Gasteiger partial charge in [-0.3, -0.25) is 0 Å². The maximum absolute atomic E-state index is 9.26. The van der Waals surface area contributed by atoms with Gasteiger partial charge in [0.1, 0.15) is 11.8 Å². The average Bonchev–Trinajstić information content (AvgIpc) is 3.21. The Hall–Kier alpha value is -3.10. The molecule has 2 aromatic carbocycles. The van der Waals surface area contributed by atoms with Gasteiger partial charge in [0.05, 0.1) is 5.69 Å². The van der Waals surface area contributed by atoms with Crippen LogP contribution in [0.25, 0.3) is 22.3 Å². The summed E-state index contributed by atoms with van der Waals surface area (Å²) in [5, 5.41) is 21.7. The molecule has 0 saturated carbocycles. The molecule has 0 bridgehead atoms. The van der Waals surface area contributed by atoms with Crippen molar-refractivity contribution >= 4 is 22.5 Å². The second kappa shape index (κ2) is 5.84. The highest BCUT2D eigenvalue weighted by Gasteiger charge is 2.17. The maximum Gasteiger partial charge on any atom is 0.191 e. The quantitative estimate of drug-likeness (QED) is 0.616. The third kappa shape index (κ3) is 2.43. The van der Waals surface area contributed by atoms with Gasteiger partial charge in [0, 0.05) is 22.5 Å². The fraction of sp³-hybridized carbons (Fsp3) is 0.0556. The molecule has 1 N–H and O–H groups in total. The summed E-state index contributed by atoms with van der Waals surface area (Å²) in [5.74, 6) is 0. The summed E-state index contributed by atoms with van der Waals surface area (Å²) in [6.45, 7) is 0.651. The van der Waals surface area contributed by atoms with E-state index in [0.717, 1.165) is 22.2 Å². The molecule has 0 amide bonds. The predicted octanol–water partition coefficient (Wildman–Crippen LogP) is 4.00. The molecule has 0 aliphatic carbocycles. The lowest BCUT2D eigenvalue weighted by atomic mass is 10.2. The Bertz CT molecular complexity index is 1050. The summed E-state index contributed by atoms with van der Waals surface area (Å²) in [5.41, 5.74) is 3.90. The van der Waals surface area contributed by atoms with E-state index < -0.39 is 0 Å². The number of rotatable bonds is 3. The molecular weight excluding hydrogens is 322 g/mol. The Labute approximate surface area is 143 Å². The zero-order valence-corrected chi connectivity index (χ0v) is 13.3. The summed E-state index contributed by atoms with van der Waals surface area (Å²) < 4.78 is 2.14. The van der Waals surface area contributed by atoms with Crippen molar-refractivity contribution in [1.29, 1.82) is 5.26 Å². The van der Waals surface area contributed by atoms with E-state index in [-0.39, 0.29) is 5.69 Å². The van der Waals surface area contributed by atoms with Crippen molar-refractivity contribution in [3.8, 4) is 17.5 Å². The number of fused-ring (bicyclic) bond motifs is 1. The van der Waals surface area contributed by atoms with Gasteiger partial charge in [-0.15, -0.1) is 5.10 Å². The maximum atomic E-state index is 9.26. The third-order valence-electron chi connectivity index (χ3n) is 3.96. The second-order valence-corrected chi connectivity index (χ2v) is 5.87. The number of nitriles is 1. The van der Waals surface area contributed by atoms with E-state index in [9.17, 15) is 5.26 Å². The summed E-state index contributed by atoms with van der Waals surface area (Å²) >= 11 is 5.98. The summed E-state index contributed by atoms with van der Waals surface area (Å²) in [6, 6.07) is 19.9. The van der Waals surface area contributed by atoms with Gasteiger partial charge in [0.15, 0.2) is 5.69 Å². The summed E-state index contributed by atoms with van der Waals surface area (Å²) in [7, 11) is 0. The summed E-state index contributed by atoms with van der Waals surface area (Å²) in [4.78, 5) is 0. The molecule has 5 nitrogen and oxygen atoms in total. The Morgan fingerprint density at radius 1 is 1.08 bits per heavy atom. The number of hydrogen-bond acceptors (Lipinski definition) is 3. The molecule has 6 heteroatoms. The Morgan fingerprint density at radius 2 is 1.88 bits per heavy atom. The van der Waals surface area contributed by atoms with Crippen molar-refractivity contribution in [1.82, 2.24) is 20.0 Å². The van der Waals surface area contributed by atoms with E-state index in [2.05, 4.69) is 32.1 Å². The molecule has 2 heterocycles. The van der Waals surface area contributed by atoms with Gasteiger partial charge in [0.25, 0.3) is 0 Å². The standard InChI is InChI=1S/C18H12ClN5/c19-14-7-5-12(6-8-14)11-24-16-4-2-1-3-13(16)9-17(24)18-15(10-20)21-23-22-18/h1-9H,11H2,(H,21,22,23). The topological polar surface area (TPSA) is 70.3 Å². The fourth-order valence-corrected chi connectivity index (χ4v) is 2.96. The average molecular weight is 334 g/mol. The lowest BCUT2D eigenvalue weighted by Gasteiger charge is -2.10. The SMILES string of the molecule is N#Cc1n[nH]nc1-c1cc2ccccc2n1Cc1ccc(Cl)cc1. The lowest BCUT2D eigenvalue weighted by molar-refractivity contribution is 0.839. The van der Waals surface area contributed by atoms with Gasteiger partial charge in [-0.1, -0.05) is 41.9 Å². The van der Waals surface area contributed by atoms with Crippen molar-refractivity contribution in [3.63, 3.8) is 0 Å². The highest BCUT2D eigenvalue weighted by atomic mass is 35.5. The van der Waals surface area contributed by atoms with E-state index in [1.165, 1.54) is 0 Å². The smallest absolute Gasteiger partial charge is 0.191 e. The predicted molar refractivity (Wildman–Crippen MR) is 92.6 cm³/mol. The monoisotopic (exact) mass is 333 g/mol. The molecule has 0 unspecified atom stereocenters. The van der Waals surface area contributed by atoms with Crippen LogP contribution in [0.5, 0.6) is 0 Å². The first kappa shape index (κ1) is 14.5.